The Morgan fingerprint density at radius 3 is 2.77 bits per heavy atom. The largest absolute Gasteiger partial charge is 0.395 e. The predicted molar refractivity (Wildman–Crippen MR) is 63.5 cm³/mol. The molecule has 13 heavy (non-hydrogen) atoms. The Kier molecular flexibility index (Phi) is 6.33. The van der Waals surface area contributed by atoms with Crippen LogP contribution in [0, 0.1) is 0 Å². The van der Waals surface area contributed by atoms with Crippen molar-refractivity contribution in [2.75, 3.05) is 12.4 Å². The Labute approximate surface area is 90.1 Å². The van der Waals surface area contributed by atoms with Crippen LogP contribution < -0.4 is 0 Å². The summed E-state index contributed by atoms with van der Waals surface area (Å²) >= 11 is 4.02. The Morgan fingerprint density at radius 2 is 2.15 bits per heavy atom. The number of unbranched alkanes of at least 4 members (excludes halogenated alkanes) is 3. The summed E-state index contributed by atoms with van der Waals surface area (Å²) in [6, 6.07) is 0. The lowest BCUT2D eigenvalue weighted by Gasteiger charge is -2.07. The van der Waals surface area contributed by atoms with Gasteiger partial charge in [-0.2, -0.15) is 0 Å². The second kappa shape index (κ2) is 7.02. The zero-order valence-electron chi connectivity index (χ0n) is 8.37. The molecule has 1 aliphatic heterocycles. The lowest BCUT2D eigenvalue weighted by molar-refractivity contribution is 0.301. The molecule has 0 aliphatic carbocycles. The Balaban J connectivity index is 1.97. The van der Waals surface area contributed by atoms with Crippen LogP contribution in [0.25, 0.3) is 0 Å². The molecule has 1 N–H and O–H groups in total. The molecule has 0 amide bonds. The molecule has 0 aromatic carbocycles. The molecule has 78 valence electrons. The van der Waals surface area contributed by atoms with Gasteiger partial charge in [0.15, 0.2) is 0 Å². The van der Waals surface area contributed by atoms with Crippen LogP contribution in [-0.2, 0) is 0 Å². The highest BCUT2D eigenvalue weighted by atomic mass is 32.2. The Hall–Kier alpha value is 0.660. The van der Waals surface area contributed by atoms with E-state index in [0.717, 1.165) is 10.3 Å². The molecule has 0 saturated carbocycles. The molecule has 0 radical (unpaired) electrons. The minimum absolute atomic E-state index is 0.364. The monoisotopic (exact) mass is 220 g/mol. The summed E-state index contributed by atoms with van der Waals surface area (Å²) in [6.07, 6.45) is 6.80. The molecular formula is C10H20OS2. The third-order valence-electron chi connectivity index (χ3n) is 2.31. The predicted octanol–water partition coefficient (Wildman–Crippen LogP) is 3.12. The third-order valence-corrected chi connectivity index (χ3v) is 5.70. The van der Waals surface area contributed by atoms with Gasteiger partial charge in [-0.05, 0) is 6.42 Å². The number of hydrogen-bond donors (Lipinski definition) is 1. The van der Waals surface area contributed by atoms with Crippen LogP contribution in [0.5, 0.6) is 0 Å². The van der Waals surface area contributed by atoms with Gasteiger partial charge in [0.1, 0.15) is 0 Å². The summed E-state index contributed by atoms with van der Waals surface area (Å²) in [5.74, 6) is 1.15. The number of rotatable bonds is 6. The summed E-state index contributed by atoms with van der Waals surface area (Å²) < 4.78 is 0.772. The van der Waals surface area contributed by atoms with E-state index in [9.17, 15) is 0 Å². The number of thioether (sulfide) groups is 2. The van der Waals surface area contributed by atoms with Gasteiger partial charge in [-0.3, -0.25) is 0 Å². The van der Waals surface area contributed by atoms with Crippen LogP contribution in [-0.4, -0.2) is 27.3 Å². The highest BCUT2D eigenvalue weighted by Crippen LogP contribution is 2.40. The summed E-state index contributed by atoms with van der Waals surface area (Å²) in [7, 11) is 0. The van der Waals surface area contributed by atoms with E-state index in [1.54, 1.807) is 0 Å². The van der Waals surface area contributed by atoms with Crippen LogP contribution >= 0.6 is 23.5 Å². The average Bonchev–Trinajstić information content (AvgIpc) is 2.60. The van der Waals surface area contributed by atoms with Crippen molar-refractivity contribution in [2.24, 2.45) is 0 Å². The molecule has 1 saturated heterocycles. The number of aliphatic hydroxyl groups is 1. The van der Waals surface area contributed by atoms with Gasteiger partial charge < -0.3 is 5.11 Å². The molecule has 1 fully saturated rings. The zero-order valence-corrected chi connectivity index (χ0v) is 10.0. The van der Waals surface area contributed by atoms with Crippen molar-refractivity contribution in [1.29, 1.82) is 0 Å². The van der Waals surface area contributed by atoms with Gasteiger partial charge in [0.25, 0.3) is 0 Å². The van der Waals surface area contributed by atoms with Crippen LogP contribution in [0.3, 0.4) is 0 Å². The van der Waals surface area contributed by atoms with E-state index in [0.29, 0.717) is 11.9 Å². The number of aliphatic hydroxyl groups excluding tert-OH is 1. The molecule has 0 bridgehead atoms. The van der Waals surface area contributed by atoms with Crippen molar-refractivity contribution in [3.63, 3.8) is 0 Å². The van der Waals surface area contributed by atoms with E-state index in [-0.39, 0.29) is 0 Å². The van der Waals surface area contributed by atoms with Crippen LogP contribution in [0.1, 0.15) is 39.0 Å². The van der Waals surface area contributed by atoms with Gasteiger partial charge in [-0.25, -0.2) is 0 Å². The third kappa shape index (κ3) is 4.61. The van der Waals surface area contributed by atoms with Crippen molar-refractivity contribution < 1.29 is 5.11 Å². The fourth-order valence-corrected chi connectivity index (χ4v) is 4.75. The standard InChI is InChI=1S/C10H20OS2/c1-2-3-4-5-6-10-12-8-9(7-11)13-10/h9-11H,2-8H2,1H3. The first kappa shape index (κ1) is 11.7. The van der Waals surface area contributed by atoms with Gasteiger partial charge >= 0.3 is 0 Å². The molecule has 1 heterocycles. The van der Waals surface area contributed by atoms with E-state index >= 15 is 0 Å². The van der Waals surface area contributed by atoms with Gasteiger partial charge in [0.2, 0.25) is 0 Å². The first-order valence-electron chi connectivity index (χ1n) is 5.24. The van der Waals surface area contributed by atoms with Crippen LogP contribution in [0.15, 0.2) is 0 Å². The average molecular weight is 220 g/mol. The smallest absolute Gasteiger partial charge is 0.0558 e. The van der Waals surface area contributed by atoms with E-state index in [1.165, 1.54) is 32.1 Å². The van der Waals surface area contributed by atoms with E-state index in [4.69, 9.17) is 5.11 Å². The molecule has 1 nitrogen and oxygen atoms in total. The van der Waals surface area contributed by atoms with Crippen LogP contribution in [0.4, 0.5) is 0 Å². The molecule has 1 aliphatic rings. The normalized spacial score (nSPS) is 28.2. The highest BCUT2D eigenvalue weighted by molar-refractivity contribution is 8.20. The Bertz CT molecular complexity index is 130. The van der Waals surface area contributed by atoms with Crippen molar-refractivity contribution in [2.45, 2.75) is 48.9 Å². The first-order chi connectivity index (χ1) is 6.36. The summed E-state index contributed by atoms with van der Waals surface area (Å²) in [5.41, 5.74) is 0. The zero-order chi connectivity index (χ0) is 9.52. The maximum Gasteiger partial charge on any atom is 0.0558 e. The molecular weight excluding hydrogens is 200 g/mol. The minimum atomic E-state index is 0.364. The minimum Gasteiger partial charge on any atom is -0.395 e. The van der Waals surface area contributed by atoms with Crippen molar-refractivity contribution in [3.05, 3.63) is 0 Å². The summed E-state index contributed by atoms with van der Waals surface area (Å²) in [5, 5.41) is 9.47. The maximum atomic E-state index is 8.96. The van der Waals surface area contributed by atoms with E-state index < -0.39 is 0 Å². The molecule has 3 heteroatoms. The Morgan fingerprint density at radius 1 is 1.31 bits per heavy atom. The van der Waals surface area contributed by atoms with Crippen molar-refractivity contribution >= 4 is 23.5 Å². The highest BCUT2D eigenvalue weighted by Gasteiger charge is 2.24. The summed E-state index contributed by atoms with van der Waals surface area (Å²) in [4.78, 5) is 0. The van der Waals surface area contributed by atoms with E-state index in [1.807, 2.05) is 23.5 Å². The van der Waals surface area contributed by atoms with E-state index in [2.05, 4.69) is 6.92 Å². The molecule has 2 atom stereocenters. The second-order valence-electron chi connectivity index (χ2n) is 3.55. The fourth-order valence-electron chi connectivity index (χ4n) is 1.49. The second-order valence-corrected chi connectivity index (χ2v) is 6.59. The van der Waals surface area contributed by atoms with Gasteiger partial charge in [0.05, 0.1) is 11.2 Å². The molecule has 0 aromatic heterocycles. The van der Waals surface area contributed by atoms with Gasteiger partial charge in [-0.15, -0.1) is 23.5 Å². The SMILES string of the molecule is CCCCCCC1SCC(CO)S1. The van der Waals surface area contributed by atoms with Gasteiger partial charge in [-0.1, -0.05) is 32.6 Å². The first-order valence-corrected chi connectivity index (χ1v) is 7.24. The molecule has 0 aromatic rings. The summed E-state index contributed by atoms with van der Waals surface area (Å²) in [6.45, 7) is 2.62. The number of hydrogen-bond acceptors (Lipinski definition) is 3. The van der Waals surface area contributed by atoms with Crippen LogP contribution in [0.2, 0.25) is 0 Å². The van der Waals surface area contributed by atoms with Crippen molar-refractivity contribution in [3.8, 4) is 0 Å². The molecule has 1 rings (SSSR count). The lowest BCUT2D eigenvalue weighted by Crippen LogP contribution is -2.06. The van der Waals surface area contributed by atoms with Crippen molar-refractivity contribution in [1.82, 2.24) is 0 Å². The topological polar surface area (TPSA) is 20.2 Å². The lowest BCUT2D eigenvalue weighted by atomic mass is 10.2. The molecule has 2 unspecified atom stereocenters. The quantitative estimate of drug-likeness (QED) is 0.695. The van der Waals surface area contributed by atoms with Gasteiger partial charge in [0, 0.05) is 11.0 Å². The fraction of sp³-hybridized carbons (Fsp3) is 1.00. The molecule has 0 spiro atoms. The maximum absolute atomic E-state index is 8.96.